The van der Waals surface area contributed by atoms with E-state index in [0.717, 1.165) is 42.1 Å². The van der Waals surface area contributed by atoms with Gasteiger partial charge in [0.05, 0.1) is 17.6 Å². The van der Waals surface area contributed by atoms with Crippen molar-refractivity contribution >= 4 is 33.7 Å². The van der Waals surface area contributed by atoms with Crippen LogP contribution in [0.1, 0.15) is 31.2 Å². The summed E-state index contributed by atoms with van der Waals surface area (Å²) < 4.78 is 13.9. The molecule has 0 spiro atoms. The van der Waals surface area contributed by atoms with Crippen LogP contribution >= 0.6 is 0 Å². The zero-order valence-electron chi connectivity index (χ0n) is 18.2. The summed E-state index contributed by atoms with van der Waals surface area (Å²) in [7, 11) is 0. The number of aromatic nitrogens is 4. The number of aliphatic carboxylic acids is 1. The van der Waals surface area contributed by atoms with Gasteiger partial charge in [-0.15, -0.1) is 0 Å². The van der Waals surface area contributed by atoms with Crippen LogP contribution in [0.4, 0.5) is 10.2 Å². The zero-order valence-corrected chi connectivity index (χ0v) is 18.2. The highest BCUT2D eigenvalue weighted by molar-refractivity contribution is 5.97. The number of fused-ring (bicyclic) bond motifs is 5. The molecule has 0 aliphatic heterocycles. The lowest BCUT2D eigenvalue weighted by Gasteiger charge is -2.47. The smallest absolute Gasteiger partial charge is 0.308 e. The molecule has 0 radical (unpaired) electrons. The Kier molecular flexibility index (Phi) is 4.57. The number of carboxylic acids is 1. The molecule has 0 saturated heterocycles. The van der Waals surface area contributed by atoms with Gasteiger partial charge in [-0.05, 0) is 62.1 Å². The number of pyridine rings is 1. The second-order valence-corrected chi connectivity index (χ2v) is 9.33. The molecule has 1 aromatic carbocycles. The van der Waals surface area contributed by atoms with E-state index in [9.17, 15) is 14.3 Å². The SMILES string of the molecule is Cc1cccc2nc(-c3c[nH]c4ncc(F)cc34)nc(N[C@H]3C4CCC(CC4)[C@@H]3C(=O)O)c12. The second-order valence-electron chi connectivity index (χ2n) is 9.33. The van der Waals surface area contributed by atoms with Crippen LogP contribution < -0.4 is 5.32 Å². The number of hydrogen-bond donors (Lipinski definition) is 3. The fourth-order valence-corrected chi connectivity index (χ4v) is 5.91. The lowest BCUT2D eigenvalue weighted by molar-refractivity contribution is -0.148. The molecule has 3 N–H and O–H groups in total. The molecule has 7 nitrogen and oxygen atoms in total. The molecule has 8 heteroatoms. The third-order valence-corrected chi connectivity index (χ3v) is 7.48. The van der Waals surface area contributed by atoms with E-state index in [-0.39, 0.29) is 12.0 Å². The van der Waals surface area contributed by atoms with Gasteiger partial charge >= 0.3 is 5.97 Å². The van der Waals surface area contributed by atoms with Crippen LogP contribution in [-0.4, -0.2) is 37.1 Å². The van der Waals surface area contributed by atoms with E-state index in [4.69, 9.17) is 9.97 Å². The van der Waals surface area contributed by atoms with Crippen molar-refractivity contribution in [2.75, 3.05) is 5.32 Å². The number of nitrogens with one attached hydrogen (secondary N) is 2. The average Bonchev–Trinajstić information content (AvgIpc) is 3.22. The van der Waals surface area contributed by atoms with Gasteiger partial charge in [0, 0.05) is 28.6 Å². The fraction of sp³-hybridized carbons (Fsp3) is 0.360. The summed E-state index contributed by atoms with van der Waals surface area (Å²) in [6.45, 7) is 2.00. The van der Waals surface area contributed by atoms with E-state index in [1.807, 2.05) is 25.1 Å². The van der Waals surface area contributed by atoms with Crippen LogP contribution in [0.25, 0.3) is 33.3 Å². The second kappa shape index (κ2) is 7.50. The highest BCUT2D eigenvalue weighted by atomic mass is 19.1. The first kappa shape index (κ1) is 20.1. The maximum atomic E-state index is 13.9. The molecule has 7 rings (SSSR count). The van der Waals surface area contributed by atoms with Gasteiger partial charge in [-0.1, -0.05) is 12.1 Å². The van der Waals surface area contributed by atoms with Gasteiger partial charge in [0.2, 0.25) is 0 Å². The third kappa shape index (κ3) is 3.23. The van der Waals surface area contributed by atoms with E-state index in [0.29, 0.717) is 34.2 Å². The topological polar surface area (TPSA) is 104 Å². The molecule has 3 aliphatic rings. The van der Waals surface area contributed by atoms with Gasteiger partial charge in [0.25, 0.3) is 0 Å². The molecule has 2 bridgehead atoms. The van der Waals surface area contributed by atoms with Crippen LogP contribution in [0.3, 0.4) is 0 Å². The Morgan fingerprint density at radius 1 is 1.18 bits per heavy atom. The van der Waals surface area contributed by atoms with Crippen molar-refractivity contribution in [1.82, 2.24) is 19.9 Å². The zero-order chi connectivity index (χ0) is 22.7. The number of hydrogen-bond acceptors (Lipinski definition) is 5. The highest BCUT2D eigenvalue weighted by Gasteiger charge is 2.47. The van der Waals surface area contributed by atoms with Gasteiger partial charge in [-0.2, -0.15) is 0 Å². The fourth-order valence-electron chi connectivity index (χ4n) is 5.91. The number of aryl methyl sites for hydroxylation is 1. The number of halogens is 1. The summed E-state index contributed by atoms with van der Waals surface area (Å²) in [5.74, 6) is -0.0170. The summed E-state index contributed by atoms with van der Waals surface area (Å²) in [5, 5.41) is 15.1. The number of rotatable bonds is 4. The Balaban J connectivity index is 1.51. The highest BCUT2D eigenvalue weighted by Crippen LogP contribution is 2.47. The molecule has 3 fully saturated rings. The number of aromatic amines is 1. The summed E-state index contributed by atoms with van der Waals surface area (Å²) in [5.41, 5.74) is 2.99. The standard InChI is InChI=1S/C25H24FN5O2/c1-12-3-2-4-18-19(12)24(30-21-14-7-5-13(6-8-14)20(21)25(32)33)31-23(29-18)17-11-28-22-16(17)9-15(26)10-27-22/h2-4,9-11,13-14,20-21H,5-8H2,1H3,(H,27,28)(H,32,33)(H,29,30,31)/t13?,14?,20-,21-/m0/s1. The first-order chi connectivity index (χ1) is 16.0. The molecule has 3 saturated carbocycles. The molecule has 3 aliphatic carbocycles. The van der Waals surface area contributed by atoms with Gasteiger partial charge < -0.3 is 15.4 Å². The summed E-state index contributed by atoms with van der Waals surface area (Å²) in [4.78, 5) is 29.0. The number of H-pyrrole nitrogens is 1. The predicted octanol–water partition coefficient (Wildman–Crippen LogP) is 4.92. The first-order valence-electron chi connectivity index (χ1n) is 11.4. The van der Waals surface area contributed by atoms with E-state index in [1.54, 1.807) is 6.20 Å². The van der Waals surface area contributed by atoms with Crippen molar-refractivity contribution in [2.24, 2.45) is 17.8 Å². The Morgan fingerprint density at radius 2 is 1.97 bits per heavy atom. The largest absolute Gasteiger partial charge is 0.481 e. The Labute approximate surface area is 189 Å². The van der Waals surface area contributed by atoms with Crippen LogP contribution in [0.2, 0.25) is 0 Å². The lowest BCUT2D eigenvalue weighted by Crippen LogP contribution is -2.51. The van der Waals surface area contributed by atoms with Crippen LogP contribution in [0, 0.1) is 30.5 Å². The quantitative estimate of drug-likeness (QED) is 0.412. The van der Waals surface area contributed by atoms with Gasteiger partial charge in [0.1, 0.15) is 17.3 Å². The van der Waals surface area contributed by atoms with E-state index < -0.39 is 17.7 Å². The summed E-state index contributed by atoms with van der Waals surface area (Å²) in [6.07, 6.45) is 6.93. The van der Waals surface area contributed by atoms with Gasteiger partial charge in [-0.25, -0.2) is 19.3 Å². The van der Waals surface area contributed by atoms with E-state index in [1.165, 1.54) is 12.3 Å². The maximum Gasteiger partial charge on any atom is 0.308 e. The van der Waals surface area contributed by atoms with Crippen molar-refractivity contribution in [3.05, 3.63) is 48.0 Å². The number of nitrogens with zero attached hydrogens (tertiary/aromatic N) is 3. The van der Waals surface area contributed by atoms with Crippen molar-refractivity contribution in [3.63, 3.8) is 0 Å². The molecule has 33 heavy (non-hydrogen) atoms. The maximum absolute atomic E-state index is 13.9. The minimum atomic E-state index is -0.740. The molecular formula is C25H24FN5O2. The summed E-state index contributed by atoms with van der Waals surface area (Å²) in [6, 6.07) is 7.11. The number of anilines is 1. The Bertz CT molecular complexity index is 1390. The lowest BCUT2D eigenvalue weighted by atomic mass is 9.61. The third-order valence-electron chi connectivity index (χ3n) is 7.48. The van der Waals surface area contributed by atoms with E-state index in [2.05, 4.69) is 15.3 Å². The van der Waals surface area contributed by atoms with Crippen molar-refractivity contribution in [3.8, 4) is 11.4 Å². The molecular weight excluding hydrogens is 421 g/mol. The molecule has 0 amide bonds. The molecule has 0 unspecified atom stereocenters. The average molecular weight is 445 g/mol. The Morgan fingerprint density at radius 3 is 2.76 bits per heavy atom. The van der Waals surface area contributed by atoms with Crippen LogP contribution in [0.15, 0.2) is 36.7 Å². The van der Waals surface area contributed by atoms with Crippen molar-refractivity contribution in [1.29, 1.82) is 0 Å². The molecule has 168 valence electrons. The molecule has 4 aromatic rings. The predicted molar refractivity (Wildman–Crippen MR) is 123 cm³/mol. The minimum absolute atomic E-state index is 0.178. The Hall–Kier alpha value is -3.55. The normalized spacial score (nSPS) is 24.4. The number of benzene rings is 1. The van der Waals surface area contributed by atoms with E-state index >= 15 is 0 Å². The van der Waals surface area contributed by atoms with Gasteiger partial charge in [-0.3, -0.25) is 4.79 Å². The molecule has 3 heterocycles. The van der Waals surface area contributed by atoms with Crippen molar-refractivity contribution < 1.29 is 14.3 Å². The monoisotopic (exact) mass is 445 g/mol. The van der Waals surface area contributed by atoms with Crippen LogP contribution in [0.5, 0.6) is 0 Å². The van der Waals surface area contributed by atoms with Crippen molar-refractivity contribution in [2.45, 2.75) is 38.6 Å². The number of carboxylic acid groups (broad SMARTS) is 1. The minimum Gasteiger partial charge on any atom is -0.481 e. The summed E-state index contributed by atoms with van der Waals surface area (Å²) >= 11 is 0. The molecule has 3 aromatic heterocycles. The van der Waals surface area contributed by atoms with Crippen LogP contribution in [-0.2, 0) is 4.79 Å². The van der Waals surface area contributed by atoms with Gasteiger partial charge in [0.15, 0.2) is 5.82 Å². The number of carbonyl (C=O) groups is 1. The first-order valence-corrected chi connectivity index (χ1v) is 11.4. The molecule has 2 atom stereocenters.